The van der Waals surface area contributed by atoms with Gasteiger partial charge in [-0.25, -0.2) is 17.2 Å². The maximum Gasteiger partial charge on any atom is 0.251 e. The summed E-state index contributed by atoms with van der Waals surface area (Å²) in [7, 11) is -2.69. The standard InChI is InChI=1S/C18H18F2N2O3S/c1-3-9-21-18(23)13-5-4-6-16(10-13)26(24,25)22(2)12-14-7-8-15(19)11-17(14)20/h3-8,10-11H,1,9,12H2,2H3,(H,21,23). The number of amides is 1. The number of halogens is 2. The highest BCUT2D eigenvalue weighted by atomic mass is 32.2. The van der Waals surface area contributed by atoms with Crippen LogP contribution in [0.5, 0.6) is 0 Å². The molecule has 0 aliphatic heterocycles. The van der Waals surface area contributed by atoms with Gasteiger partial charge in [-0.1, -0.05) is 18.2 Å². The van der Waals surface area contributed by atoms with E-state index in [0.717, 1.165) is 10.4 Å². The third-order valence-electron chi connectivity index (χ3n) is 3.62. The summed E-state index contributed by atoms with van der Waals surface area (Å²) in [5.41, 5.74) is 0.214. The molecule has 0 aliphatic rings. The minimum Gasteiger partial charge on any atom is -0.349 e. The Morgan fingerprint density at radius 3 is 2.62 bits per heavy atom. The maximum absolute atomic E-state index is 13.8. The molecule has 0 bridgehead atoms. The number of carbonyl (C=O) groups is 1. The van der Waals surface area contributed by atoms with E-state index in [1.165, 1.54) is 43.5 Å². The molecule has 0 radical (unpaired) electrons. The average Bonchev–Trinajstić information content (AvgIpc) is 2.62. The number of nitrogens with zero attached hydrogens (tertiary/aromatic N) is 1. The fourth-order valence-corrected chi connectivity index (χ4v) is 3.41. The summed E-state index contributed by atoms with van der Waals surface area (Å²) in [5, 5.41) is 2.56. The summed E-state index contributed by atoms with van der Waals surface area (Å²) in [6.07, 6.45) is 1.50. The van der Waals surface area contributed by atoms with E-state index in [2.05, 4.69) is 11.9 Å². The Kier molecular flexibility index (Phi) is 6.23. The fraction of sp³-hybridized carbons (Fsp3) is 0.167. The van der Waals surface area contributed by atoms with Gasteiger partial charge in [0.15, 0.2) is 0 Å². The van der Waals surface area contributed by atoms with E-state index in [4.69, 9.17) is 0 Å². The molecule has 1 amide bonds. The van der Waals surface area contributed by atoms with Gasteiger partial charge in [0.2, 0.25) is 10.0 Å². The number of hydrogen-bond donors (Lipinski definition) is 1. The van der Waals surface area contributed by atoms with Gasteiger partial charge in [-0.2, -0.15) is 4.31 Å². The first-order chi connectivity index (χ1) is 12.3. The van der Waals surface area contributed by atoms with Gasteiger partial charge in [-0.05, 0) is 24.3 Å². The molecule has 2 aromatic carbocycles. The van der Waals surface area contributed by atoms with Crippen LogP contribution < -0.4 is 5.32 Å². The van der Waals surface area contributed by atoms with Crippen molar-refractivity contribution in [2.45, 2.75) is 11.4 Å². The van der Waals surface area contributed by atoms with Crippen molar-refractivity contribution in [1.82, 2.24) is 9.62 Å². The van der Waals surface area contributed by atoms with Crippen molar-refractivity contribution in [1.29, 1.82) is 0 Å². The highest BCUT2D eigenvalue weighted by Crippen LogP contribution is 2.19. The van der Waals surface area contributed by atoms with Crippen molar-refractivity contribution >= 4 is 15.9 Å². The lowest BCUT2D eigenvalue weighted by atomic mass is 10.2. The minimum absolute atomic E-state index is 0.0392. The van der Waals surface area contributed by atoms with Gasteiger partial charge < -0.3 is 5.32 Å². The first kappa shape index (κ1) is 19.7. The van der Waals surface area contributed by atoms with E-state index in [0.29, 0.717) is 6.07 Å². The molecule has 26 heavy (non-hydrogen) atoms. The summed E-state index contributed by atoms with van der Waals surface area (Å²) in [5.74, 6) is -2.01. The lowest BCUT2D eigenvalue weighted by molar-refractivity contribution is 0.0958. The second kappa shape index (κ2) is 8.20. The molecular weight excluding hydrogens is 362 g/mol. The Balaban J connectivity index is 2.25. The SMILES string of the molecule is C=CCNC(=O)c1cccc(S(=O)(=O)N(C)Cc2ccc(F)cc2F)c1. The first-order valence-corrected chi connectivity index (χ1v) is 9.09. The molecule has 0 aromatic heterocycles. The van der Waals surface area contributed by atoms with Crippen molar-refractivity contribution in [2.75, 3.05) is 13.6 Å². The summed E-state index contributed by atoms with van der Waals surface area (Å²) in [6, 6.07) is 8.46. The van der Waals surface area contributed by atoms with Crippen LogP contribution in [0.1, 0.15) is 15.9 Å². The van der Waals surface area contributed by atoms with E-state index in [1.807, 2.05) is 0 Å². The number of carbonyl (C=O) groups excluding carboxylic acids is 1. The number of hydrogen-bond acceptors (Lipinski definition) is 3. The van der Waals surface area contributed by atoms with Crippen LogP contribution in [0.3, 0.4) is 0 Å². The summed E-state index contributed by atoms with van der Waals surface area (Å²) in [6.45, 7) is 3.46. The zero-order chi connectivity index (χ0) is 19.3. The number of rotatable bonds is 7. The molecule has 0 fully saturated rings. The van der Waals surface area contributed by atoms with Crippen molar-refractivity contribution in [3.63, 3.8) is 0 Å². The lowest BCUT2D eigenvalue weighted by Crippen LogP contribution is -2.28. The van der Waals surface area contributed by atoms with Crippen LogP contribution in [0.15, 0.2) is 60.0 Å². The summed E-state index contributed by atoms with van der Waals surface area (Å²) >= 11 is 0. The quantitative estimate of drug-likeness (QED) is 0.751. The van der Waals surface area contributed by atoms with Crippen LogP contribution in [0.2, 0.25) is 0 Å². The number of nitrogens with one attached hydrogen (secondary N) is 1. The number of sulfonamides is 1. The molecule has 0 unspecified atom stereocenters. The Labute approximate surface area is 151 Å². The zero-order valence-corrected chi connectivity index (χ0v) is 14.9. The normalized spacial score (nSPS) is 11.4. The third-order valence-corrected chi connectivity index (χ3v) is 5.42. The molecule has 2 aromatic rings. The first-order valence-electron chi connectivity index (χ1n) is 7.65. The predicted molar refractivity (Wildman–Crippen MR) is 94.0 cm³/mol. The van der Waals surface area contributed by atoms with Crippen LogP contribution in [0, 0.1) is 11.6 Å². The van der Waals surface area contributed by atoms with E-state index < -0.39 is 27.6 Å². The minimum atomic E-state index is -3.97. The topological polar surface area (TPSA) is 66.5 Å². The van der Waals surface area contributed by atoms with Gasteiger partial charge in [0.05, 0.1) is 4.90 Å². The monoisotopic (exact) mass is 380 g/mol. The Hall–Kier alpha value is -2.58. The largest absolute Gasteiger partial charge is 0.349 e. The van der Waals surface area contributed by atoms with Gasteiger partial charge in [0.25, 0.3) is 5.91 Å². The zero-order valence-electron chi connectivity index (χ0n) is 14.1. The molecule has 138 valence electrons. The van der Waals surface area contributed by atoms with Crippen LogP contribution in [0.4, 0.5) is 8.78 Å². The van der Waals surface area contributed by atoms with E-state index in [-0.39, 0.29) is 29.1 Å². The highest BCUT2D eigenvalue weighted by Gasteiger charge is 2.23. The molecule has 1 N–H and O–H groups in total. The predicted octanol–water partition coefficient (Wildman–Crippen LogP) is 2.70. The van der Waals surface area contributed by atoms with Crippen LogP contribution in [-0.2, 0) is 16.6 Å². The molecule has 0 spiro atoms. The Morgan fingerprint density at radius 1 is 1.23 bits per heavy atom. The Morgan fingerprint density at radius 2 is 1.96 bits per heavy atom. The molecular formula is C18H18F2N2O3S. The summed E-state index contributed by atoms with van der Waals surface area (Å²) < 4.78 is 53.0. The van der Waals surface area contributed by atoms with Crippen LogP contribution in [0.25, 0.3) is 0 Å². The lowest BCUT2D eigenvalue weighted by Gasteiger charge is -2.18. The van der Waals surface area contributed by atoms with Crippen molar-refractivity contribution < 1.29 is 22.0 Å². The Bertz CT molecular complexity index is 930. The molecule has 0 saturated carbocycles. The van der Waals surface area contributed by atoms with E-state index >= 15 is 0 Å². The molecule has 0 aliphatic carbocycles. The molecule has 8 heteroatoms. The molecule has 0 heterocycles. The second-order valence-corrected chi connectivity index (χ2v) is 7.57. The van der Waals surface area contributed by atoms with Crippen LogP contribution >= 0.6 is 0 Å². The fourth-order valence-electron chi connectivity index (χ4n) is 2.22. The van der Waals surface area contributed by atoms with Crippen molar-refractivity contribution in [2.24, 2.45) is 0 Å². The van der Waals surface area contributed by atoms with E-state index in [1.54, 1.807) is 0 Å². The van der Waals surface area contributed by atoms with Gasteiger partial charge >= 0.3 is 0 Å². The van der Waals surface area contributed by atoms with Crippen LogP contribution in [-0.4, -0.2) is 32.2 Å². The smallest absolute Gasteiger partial charge is 0.251 e. The van der Waals surface area contributed by atoms with E-state index in [9.17, 15) is 22.0 Å². The highest BCUT2D eigenvalue weighted by molar-refractivity contribution is 7.89. The number of benzene rings is 2. The van der Waals surface area contributed by atoms with Crippen molar-refractivity contribution in [3.05, 3.63) is 77.9 Å². The summed E-state index contributed by atoms with van der Waals surface area (Å²) in [4.78, 5) is 11.9. The molecule has 5 nitrogen and oxygen atoms in total. The van der Waals surface area contributed by atoms with Gasteiger partial charge in [-0.3, -0.25) is 4.79 Å². The van der Waals surface area contributed by atoms with Gasteiger partial charge in [0, 0.05) is 37.3 Å². The second-order valence-electron chi connectivity index (χ2n) is 5.52. The van der Waals surface area contributed by atoms with Gasteiger partial charge in [-0.15, -0.1) is 6.58 Å². The molecule has 0 saturated heterocycles. The van der Waals surface area contributed by atoms with Gasteiger partial charge in [0.1, 0.15) is 11.6 Å². The molecule has 0 atom stereocenters. The maximum atomic E-state index is 13.8. The van der Waals surface area contributed by atoms with Crippen molar-refractivity contribution in [3.8, 4) is 0 Å². The molecule has 2 rings (SSSR count). The third kappa shape index (κ3) is 4.53. The average molecular weight is 380 g/mol.